The number of amides is 1. The third kappa shape index (κ3) is 3.85. The summed E-state index contributed by atoms with van der Waals surface area (Å²) in [6.07, 6.45) is 2.79. The van der Waals surface area contributed by atoms with E-state index in [-0.39, 0.29) is 23.4 Å². The van der Waals surface area contributed by atoms with Gasteiger partial charge in [0.05, 0.1) is 18.1 Å². The molecule has 2 aliphatic heterocycles. The van der Waals surface area contributed by atoms with Crippen LogP contribution in [0.15, 0.2) is 6.07 Å². The molecule has 1 spiro atoms. The SMILES string of the molecule is COCCN1CCCC2(CCN(c3cc(OC(C)C)nc(N)n3)C2)C1=O. The van der Waals surface area contributed by atoms with Crippen molar-refractivity contribution in [2.24, 2.45) is 5.41 Å². The fraction of sp³-hybridized carbons (Fsp3) is 0.722. The monoisotopic (exact) mass is 363 g/mol. The van der Waals surface area contributed by atoms with Gasteiger partial charge in [-0.2, -0.15) is 9.97 Å². The van der Waals surface area contributed by atoms with Crippen LogP contribution in [0.25, 0.3) is 0 Å². The first-order valence-electron chi connectivity index (χ1n) is 9.28. The van der Waals surface area contributed by atoms with Crippen molar-refractivity contribution in [3.8, 4) is 5.88 Å². The van der Waals surface area contributed by atoms with Gasteiger partial charge in [-0.15, -0.1) is 0 Å². The van der Waals surface area contributed by atoms with Gasteiger partial charge in [0.2, 0.25) is 17.7 Å². The summed E-state index contributed by atoms with van der Waals surface area (Å²) >= 11 is 0. The molecule has 2 N–H and O–H groups in total. The number of likely N-dealkylation sites (tertiary alicyclic amines) is 1. The quantitative estimate of drug-likeness (QED) is 0.814. The number of carbonyl (C=O) groups is 1. The first-order valence-corrected chi connectivity index (χ1v) is 9.28. The maximum atomic E-state index is 13.1. The van der Waals surface area contributed by atoms with E-state index >= 15 is 0 Å². The highest BCUT2D eigenvalue weighted by molar-refractivity contribution is 5.85. The molecule has 8 nitrogen and oxygen atoms in total. The minimum atomic E-state index is -0.329. The summed E-state index contributed by atoms with van der Waals surface area (Å²) in [5.74, 6) is 1.63. The van der Waals surface area contributed by atoms with Crippen molar-refractivity contribution in [2.45, 2.75) is 39.2 Å². The van der Waals surface area contributed by atoms with Crippen molar-refractivity contribution < 1.29 is 14.3 Å². The smallest absolute Gasteiger partial charge is 0.230 e. The van der Waals surface area contributed by atoms with E-state index < -0.39 is 0 Å². The maximum absolute atomic E-state index is 13.1. The van der Waals surface area contributed by atoms with Crippen LogP contribution in [0.1, 0.15) is 33.1 Å². The fourth-order valence-electron chi connectivity index (χ4n) is 3.91. The minimum Gasteiger partial charge on any atom is -0.475 e. The van der Waals surface area contributed by atoms with Gasteiger partial charge in [0.1, 0.15) is 5.82 Å². The number of piperidine rings is 1. The Morgan fingerprint density at radius 2 is 2.12 bits per heavy atom. The number of carbonyl (C=O) groups excluding carboxylic acids is 1. The van der Waals surface area contributed by atoms with E-state index in [0.29, 0.717) is 25.6 Å². The Morgan fingerprint density at radius 3 is 2.85 bits per heavy atom. The molecule has 1 atom stereocenters. The van der Waals surface area contributed by atoms with Crippen molar-refractivity contribution in [1.29, 1.82) is 0 Å². The van der Waals surface area contributed by atoms with Gasteiger partial charge in [0.25, 0.3) is 0 Å². The van der Waals surface area contributed by atoms with E-state index in [9.17, 15) is 4.79 Å². The van der Waals surface area contributed by atoms with Crippen LogP contribution >= 0.6 is 0 Å². The zero-order chi connectivity index (χ0) is 18.7. The van der Waals surface area contributed by atoms with Crippen molar-refractivity contribution >= 4 is 17.7 Å². The molecule has 8 heteroatoms. The molecular weight excluding hydrogens is 334 g/mol. The second-order valence-corrected chi connectivity index (χ2v) is 7.43. The molecule has 3 heterocycles. The molecule has 2 fully saturated rings. The predicted molar refractivity (Wildman–Crippen MR) is 99.2 cm³/mol. The number of nitrogen functional groups attached to an aromatic ring is 1. The number of aromatic nitrogens is 2. The van der Waals surface area contributed by atoms with Gasteiger partial charge in [-0.3, -0.25) is 4.79 Å². The van der Waals surface area contributed by atoms with E-state index in [1.807, 2.05) is 24.8 Å². The summed E-state index contributed by atoms with van der Waals surface area (Å²) in [4.78, 5) is 25.6. The molecule has 0 saturated carbocycles. The van der Waals surface area contributed by atoms with Crippen LogP contribution in [0.4, 0.5) is 11.8 Å². The fourth-order valence-corrected chi connectivity index (χ4v) is 3.91. The van der Waals surface area contributed by atoms with E-state index in [4.69, 9.17) is 15.2 Å². The standard InChI is InChI=1S/C18H29N5O3/c1-13(2)26-15-11-14(20-17(19)21-15)23-8-6-18(12-23)5-4-7-22(16(18)24)9-10-25-3/h11,13H,4-10,12H2,1-3H3,(H2,19,20,21). The largest absolute Gasteiger partial charge is 0.475 e. The van der Waals surface area contributed by atoms with Gasteiger partial charge in [-0.25, -0.2) is 0 Å². The van der Waals surface area contributed by atoms with Crippen LogP contribution in [-0.2, 0) is 9.53 Å². The first kappa shape index (κ1) is 18.7. The number of rotatable bonds is 6. The normalized spacial score (nSPS) is 23.3. The lowest BCUT2D eigenvalue weighted by Gasteiger charge is -2.39. The van der Waals surface area contributed by atoms with Gasteiger partial charge in [-0.1, -0.05) is 0 Å². The Morgan fingerprint density at radius 1 is 1.31 bits per heavy atom. The summed E-state index contributed by atoms with van der Waals surface area (Å²) in [7, 11) is 1.66. The van der Waals surface area contributed by atoms with Crippen LogP contribution < -0.4 is 15.4 Å². The summed E-state index contributed by atoms with van der Waals surface area (Å²) in [6, 6.07) is 1.81. The zero-order valence-electron chi connectivity index (χ0n) is 15.9. The van der Waals surface area contributed by atoms with Gasteiger partial charge in [0.15, 0.2) is 0 Å². The Labute approximate surface area is 154 Å². The average Bonchev–Trinajstić information content (AvgIpc) is 3.00. The highest BCUT2D eigenvalue weighted by Gasteiger charge is 2.48. The van der Waals surface area contributed by atoms with Gasteiger partial charge in [0, 0.05) is 39.4 Å². The van der Waals surface area contributed by atoms with Gasteiger partial charge >= 0.3 is 0 Å². The molecule has 0 radical (unpaired) electrons. The number of nitrogens with two attached hydrogens (primary N) is 1. The maximum Gasteiger partial charge on any atom is 0.230 e. The van der Waals surface area contributed by atoms with E-state index in [0.717, 1.165) is 38.2 Å². The highest BCUT2D eigenvalue weighted by Crippen LogP contribution is 2.41. The van der Waals surface area contributed by atoms with Gasteiger partial charge in [-0.05, 0) is 33.1 Å². The molecule has 144 valence electrons. The summed E-state index contributed by atoms with van der Waals surface area (Å²) in [6.45, 7) is 7.37. The molecule has 1 aromatic heterocycles. The second-order valence-electron chi connectivity index (χ2n) is 7.43. The van der Waals surface area contributed by atoms with Crippen LogP contribution in [-0.4, -0.2) is 66.8 Å². The lowest BCUT2D eigenvalue weighted by Crippen LogP contribution is -2.51. The van der Waals surface area contributed by atoms with Crippen molar-refractivity contribution in [3.05, 3.63) is 6.07 Å². The van der Waals surface area contributed by atoms with Crippen LogP contribution in [0.3, 0.4) is 0 Å². The van der Waals surface area contributed by atoms with Crippen LogP contribution in [0.5, 0.6) is 5.88 Å². The topological polar surface area (TPSA) is 93.8 Å². The second kappa shape index (κ2) is 7.65. The number of anilines is 2. The number of hydrogen-bond donors (Lipinski definition) is 1. The molecule has 1 amide bonds. The summed E-state index contributed by atoms with van der Waals surface area (Å²) < 4.78 is 10.8. The number of ether oxygens (including phenoxy) is 2. The van der Waals surface area contributed by atoms with Crippen LogP contribution in [0.2, 0.25) is 0 Å². The molecule has 2 aliphatic rings. The Bertz CT molecular complexity index is 654. The number of nitrogens with zero attached hydrogens (tertiary/aromatic N) is 4. The molecule has 1 aromatic rings. The molecule has 0 bridgehead atoms. The molecule has 26 heavy (non-hydrogen) atoms. The van der Waals surface area contributed by atoms with Crippen molar-refractivity contribution in [1.82, 2.24) is 14.9 Å². The van der Waals surface area contributed by atoms with Crippen molar-refractivity contribution in [2.75, 3.05) is 50.5 Å². The van der Waals surface area contributed by atoms with Crippen molar-refractivity contribution in [3.63, 3.8) is 0 Å². The molecule has 0 aromatic carbocycles. The molecule has 0 aliphatic carbocycles. The Kier molecular flexibility index (Phi) is 5.50. The Balaban J connectivity index is 1.75. The van der Waals surface area contributed by atoms with Crippen LogP contribution in [0, 0.1) is 5.41 Å². The molecule has 2 saturated heterocycles. The molecule has 3 rings (SSSR count). The zero-order valence-corrected chi connectivity index (χ0v) is 15.9. The first-order chi connectivity index (χ1) is 12.4. The predicted octanol–water partition coefficient (Wildman–Crippen LogP) is 1.31. The molecule has 1 unspecified atom stereocenters. The summed E-state index contributed by atoms with van der Waals surface area (Å²) in [5, 5.41) is 0. The Hall–Kier alpha value is -2.09. The third-order valence-electron chi connectivity index (χ3n) is 5.13. The number of hydrogen-bond acceptors (Lipinski definition) is 7. The van der Waals surface area contributed by atoms with E-state index in [1.54, 1.807) is 7.11 Å². The van der Waals surface area contributed by atoms with E-state index in [2.05, 4.69) is 14.9 Å². The molecular formula is C18H29N5O3. The highest BCUT2D eigenvalue weighted by atomic mass is 16.5. The van der Waals surface area contributed by atoms with E-state index in [1.165, 1.54) is 0 Å². The van der Waals surface area contributed by atoms with Gasteiger partial charge < -0.3 is 25.0 Å². The average molecular weight is 363 g/mol. The summed E-state index contributed by atoms with van der Waals surface area (Å²) in [5.41, 5.74) is 5.53. The minimum absolute atomic E-state index is 0.0105. The number of methoxy groups -OCH3 is 1. The lowest BCUT2D eigenvalue weighted by atomic mass is 9.78. The lowest BCUT2D eigenvalue weighted by molar-refractivity contribution is -0.145. The third-order valence-corrected chi connectivity index (χ3v) is 5.13.